The van der Waals surface area contributed by atoms with Crippen molar-refractivity contribution in [1.29, 1.82) is 0 Å². The number of rotatable bonds is 11. The molecule has 37 heavy (non-hydrogen) atoms. The molecular formula is C31H34N2O4. The predicted octanol–water partition coefficient (Wildman–Crippen LogP) is 4.58. The summed E-state index contributed by atoms with van der Waals surface area (Å²) >= 11 is 0. The van der Waals surface area contributed by atoms with E-state index in [0.29, 0.717) is 25.0 Å². The minimum absolute atomic E-state index is 0.129. The molecule has 0 spiro atoms. The predicted molar refractivity (Wildman–Crippen MR) is 144 cm³/mol. The van der Waals surface area contributed by atoms with E-state index < -0.39 is 17.7 Å². The molecular weight excluding hydrogens is 464 g/mol. The topological polar surface area (TPSA) is 87.8 Å². The molecule has 0 saturated carbocycles. The molecule has 0 unspecified atom stereocenters. The average molecular weight is 499 g/mol. The summed E-state index contributed by atoms with van der Waals surface area (Å²) in [4.78, 5) is 39.7. The first-order valence-electron chi connectivity index (χ1n) is 12.7. The number of carbonyl (C=O) groups is 3. The van der Waals surface area contributed by atoms with Crippen molar-refractivity contribution in [2.24, 2.45) is 5.92 Å². The highest BCUT2D eigenvalue weighted by atomic mass is 16.6. The molecule has 0 radical (unpaired) electrons. The summed E-state index contributed by atoms with van der Waals surface area (Å²) in [6.07, 6.45) is 0.799. The molecule has 3 aromatic carbocycles. The second kappa shape index (κ2) is 11.5. The van der Waals surface area contributed by atoms with Crippen molar-refractivity contribution in [1.82, 2.24) is 10.6 Å². The Morgan fingerprint density at radius 2 is 1.38 bits per heavy atom. The molecule has 3 atom stereocenters. The number of ether oxygens (including phenoxy) is 1. The van der Waals surface area contributed by atoms with Crippen molar-refractivity contribution >= 4 is 17.6 Å². The number of Topliss-reactive ketones (excluding diaryl/α,β-unsaturated/α-hetero) is 1. The number of benzene rings is 3. The van der Waals surface area contributed by atoms with E-state index in [1.165, 1.54) is 0 Å². The minimum Gasteiger partial charge on any atom is -0.361 e. The molecule has 1 aliphatic heterocycles. The molecule has 6 nitrogen and oxygen atoms in total. The van der Waals surface area contributed by atoms with E-state index in [2.05, 4.69) is 10.6 Å². The van der Waals surface area contributed by atoms with Gasteiger partial charge < -0.3 is 15.4 Å². The van der Waals surface area contributed by atoms with Crippen LogP contribution in [0.25, 0.3) is 11.1 Å². The third kappa shape index (κ3) is 6.92. The Bertz CT molecular complexity index is 1220. The third-order valence-corrected chi connectivity index (χ3v) is 6.60. The molecule has 1 fully saturated rings. The van der Waals surface area contributed by atoms with Gasteiger partial charge in [-0.05, 0) is 48.1 Å². The number of epoxide rings is 1. The van der Waals surface area contributed by atoms with Gasteiger partial charge in [0, 0.05) is 12.0 Å². The maximum atomic E-state index is 13.5. The Hall–Kier alpha value is -3.77. The lowest BCUT2D eigenvalue weighted by Crippen LogP contribution is -2.54. The van der Waals surface area contributed by atoms with Crippen LogP contribution < -0.4 is 10.6 Å². The SMILES string of the molecule is CC(C)C[C@H](NC(=O)[C@H](Cc1ccccc1)NC(=O)c1ccc(-c2ccccc2)cc1)C(=O)[C@@]1(C)CO1. The normalized spacial score (nSPS) is 18.1. The van der Waals surface area contributed by atoms with Crippen LogP contribution in [0.4, 0.5) is 0 Å². The zero-order valence-corrected chi connectivity index (χ0v) is 21.6. The molecule has 2 N–H and O–H groups in total. The first-order valence-corrected chi connectivity index (χ1v) is 12.7. The number of nitrogens with one attached hydrogen (secondary N) is 2. The fraction of sp³-hybridized carbons (Fsp3) is 0.323. The van der Waals surface area contributed by atoms with E-state index in [1.54, 1.807) is 19.1 Å². The van der Waals surface area contributed by atoms with E-state index in [1.807, 2.05) is 86.6 Å². The molecule has 2 amide bonds. The van der Waals surface area contributed by atoms with E-state index in [0.717, 1.165) is 16.7 Å². The molecule has 0 aliphatic carbocycles. The fourth-order valence-electron chi connectivity index (χ4n) is 4.34. The van der Waals surface area contributed by atoms with Gasteiger partial charge in [-0.15, -0.1) is 0 Å². The summed E-state index contributed by atoms with van der Waals surface area (Å²) in [7, 11) is 0. The van der Waals surface area contributed by atoms with Crippen LogP contribution in [0.5, 0.6) is 0 Å². The molecule has 1 aliphatic rings. The molecule has 6 heteroatoms. The lowest BCUT2D eigenvalue weighted by atomic mass is 9.93. The van der Waals surface area contributed by atoms with Crippen LogP contribution in [-0.2, 0) is 20.7 Å². The fourth-order valence-corrected chi connectivity index (χ4v) is 4.34. The molecule has 3 aromatic rings. The van der Waals surface area contributed by atoms with Gasteiger partial charge in [-0.2, -0.15) is 0 Å². The summed E-state index contributed by atoms with van der Waals surface area (Å²) < 4.78 is 5.35. The Balaban J connectivity index is 1.51. The molecule has 0 aromatic heterocycles. The van der Waals surface area contributed by atoms with Crippen molar-refractivity contribution in [3.8, 4) is 11.1 Å². The van der Waals surface area contributed by atoms with Crippen LogP contribution in [0.15, 0.2) is 84.9 Å². The van der Waals surface area contributed by atoms with Crippen molar-refractivity contribution in [3.05, 3.63) is 96.1 Å². The van der Waals surface area contributed by atoms with E-state index in [-0.39, 0.29) is 23.5 Å². The average Bonchev–Trinajstić information content (AvgIpc) is 3.66. The first-order chi connectivity index (χ1) is 17.7. The second-order valence-corrected chi connectivity index (χ2v) is 10.2. The molecule has 0 bridgehead atoms. The van der Waals surface area contributed by atoms with Crippen LogP contribution in [0.3, 0.4) is 0 Å². The molecule has 1 saturated heterocycles. The van der Waals surface area contributed by atoms with Gasteiger partial charge in [0.15, 0.2) is 5.78 Å². The van der Waals surface area contributed by atoms with Crippen molar-refractivity contribution < 1.29 is 19.1 Å². The highest BCUT2D eigenvalue weighted by molar-refractivity contribution is 6.00. The quantitative estimate of drug-likeness (QED) is 0.379. The van der Waals surface area contributed by atoms with Crippen LogP contribution in [0.1, 0.15) is 43.1 Å². The highest BCUT2D eigenvalue weighted by Gasteiger charge is 2.50. The Labute approximate surface area is 218 Å². The Morgan fingerprint density at radius 1 is 0.811 bits per heavy atom. The number of hydrogen-bond acceptors (Lipinski definition) is 4. The summed E-state index contributed by atoms with van der Waals surface area (Å²) in [5, 5.41) is 5.82. The van der Waals surface area contributed by atoms with Gasteiger partial charge in [-0.25, -0.2) is 0 Å². The maximum absolute atomic E-state index is 13.5. The van der Waals surface area contributed by atoms with Crippen LogP contribution in [0, 0.1) is 5.92 Å². The van der Waals surface area contributed by atoms with E-state index >= 15 is 0 Å². The molecule has 4 rings (SSSR count). The van der Waals surface area contributed by atoms with Gasteiger partial charge in [0.25, 0.3) is 5.91 Å². The third-order valence-electron chi connectivity index (χ3n) is 6.60. The number of amides is 2. The number of hydrogen-bond donors (Lipinski definition) is 2. The Morgan fingerprint density at radius 3 is 1.95 bits per heavy atom. The summed E-state index contributed by atoms with van der Waals surface area (Å²) in [5.41, 5.74) is 2.59. The lowest BCUT2D eigenvalue weighted by Gasteiger charge is -2.25. The van der Waals surface area contributed by atoms with Crippen LogP contribution in [0.2, 0.25) is 0 Å². The first kappa shape index (κ1) is 26.3. The van der Waals surface area contributed by atoms with Gasteiger partial charge in [0.05, 0.1) is 12.6 Å². The van der Waals surface area contributed by atoms with Crippen molar-refractivity contribution in [3.63, 3.8) is 0 Å². The van der Waals surface area contributed by atoms with Crippen LogP contribution >= 0.6 is 0 Å². The second-order valence-electron chi connectivity index (χ2n) is 10.2. The highest BCUT2D eigenvalue weighted by Crippen LogP contribution is 2.29. The smallest absolute Gasteiger partial charge is 0.251 e. The standard InChI is InChI=1S/C31H34N2O4/c1-21(2)18-26(28(34)31(3)20-37-31)32-30(36)27(19-22-10-6-4-7-11-22)33-29(35)25-16-14-24(15-17-25)23-12-8-5-9-13-23/h4-17,21,26-27H,18-20H2,1-3H3,(H,32,36)(H,33,35)/t26-,27-,31+/m0/s1. The molecule has 192 valence electrons. The summed E-state index contributed by atoms with van der Waals surface area (Å²) in [5.74, 6) is -0.668. The van der Waals surface area contributed by atoms with Gasteiger partial charge in [-0.1, -0.05) is 86.6 Å². The van der Waals surface area contributed by atoms with E-state index in [4.69, 9.17) is 4.74 Å². The number of ketones is 1. The monoisotopic (exact) mass is 498 g/mol. The van der Waals surface area contributed by atoms with Gasteiger partial charge in [0.2, 0.25) is 5.91 Å². The van der Waals surface area contributed by atoms with Gasteiger partial charge >= 0.3 is 0 Å². The largest absolute Gasteiger partial charge is 0.361 e. The number of carbonyl (C=O) groups excluding carboxylic acids is 3. The van der Waals surface area contributed by atoms with Crippen LogP contribution in [-0.4, -0.2) is 41.9 Å². The lowest BCUT2D eigenvalue weighted by molar-refractivity contribution is -0.131. The zero-order chi connectivity index (χ0) is 26.4. The summed E-state index contributed by atoms with van der Waals surface area (Å²) in [6, 6.07) is 25.2. The Kier molecular flexibility index (Phi) is 8.19. The summed E-state index contributed by atoms with van der Waals surface area (Å²) in [6.45, 7) is 6.12. The van der Waals surface area contributed by atoms with Crippen molar-refractivity contribution in [2.45, 2.75) is 51.3 Å². The van der Waals surface area contributed by atoms with E-state index in [9.17, 15) is 14.4 Å². The van der Waals surface area contributed by atoms with Gasteiger partial charge in [-0.3, -0.25) is 14.4 Å². The molecule has 1 heterocycles. The van der Waals surface area contributed by atoms with Gasteiger partial charge in [0.1, 0.15) is 11.6 Å². The maximum Gasteiger partial charge on any atom is 0.251 e. The zero-order valence-electron chi connectivity index (χ0n) is 21.6. The minimum atomic E-state index is -0.848. The van der Waals surface area contributed by atoms with Crippen molar-refractivity contribution in [2.75, 3.05) is 6.61 Å².